The number of nitrogens with one attached hydrogen (secondary N) is 1. The Hall–Kier alpha value is -3.45. The lowest BCUT2D eigenvalue weighted by Gasteiger charge is -2.08. The third-order valence-electron chi connectivity index (χ3n) is 4.00. The van der Waals surface area contributed by atoms with Crippen LogP contribution in [0, 0.1) is 6.92 Å². The van der Waals surface area contributed by atoms with Gasteiger partial charge < -0.3 is 15.3 Å². The summed E-state index contributed by atoms with van der Waals surface area (Å²) in [7, 11) is 0. The van der Waals surface area contributed by atoms with Gasteiger partial charge in [-0.3, -0.25) is 9.78 Å². The summed E-state index contributed by atoms with van der Waals surface area (Å²) < 4.78 is 0. The van der Waals surface area contributed by atoms with Crippen LogP contribution in [0.5, 0.6) is 11.5 Å². The fourth-order valence-corrected chi connectivity index (χ4v) is 2.55. The zero-order valence-electron chi connectivity index (χ0n) is 14.0. The molecule has 0 unspecified atom stereocenters. The van der Waals surface area contributed by atoms with Crippen LogP contribution in [-0.4, -0.2) is 32.4 Å². The minimum Gasteiger partial charge on any atom is -0.507 e. The second-order valence-corrected chi connectivity index (χ2v) is 5.70. The van der Waals surface area contributed by atoms with Crippen LogP contribution in [-0.2, 0) is 6.61 Å². The number of aliphatic hydroxyl groups excluding tert-OH is 1. The van der Waals surface area contributed by atoms with E-state index in [1.807, 2.05) is 24.3 Å². The van der Waals surface area contributed by atoms with E-state index in [1.165, 1.54) is 18.5 Å². The topological polar surface area (TPSA) is 115 Å². The molecule has 0 aliphatic carbocycles. The standard InChI is InChI=1S/C19H17N3O4/c1-11-18(25)16(14(10-23)8-20-11)9-21-22-19(26)15-6-12-4-2-3-5-13(12)7-17(15)24/h2-9,23-25H,10H2,1H3,(H,22,26)/b21-9-. The number of aliphatic hydroxyl groups is 1. The Morgan fingerprint density at radius 2 is 1.92 bits per heavy atom. The summed E-state index contributed by atoms with van der Waals surface area (Å²) in [6.45, 7) is 1.28. The van der Waals surface area contributed by atoms with Crippen molar-refractivity contribution < 1.29 is 20.1 Å². The molecule has 1 amide bonds. The van der Waals surface area contributed by atoms with E-state index in [0.29, 0.717) is 11.3 Å². The third-order valence-corrected chi connectivity index (χ3v) is 4.00. The number of hydrogen-bond acceptors (Lipinski definition) is 6. The number of nitrogens with zero attached hydrogens (tertiary/aromatic N) is 2. The Kier molecular flexibility index (Phi) is 4.81. The van der Waals surface area contributed by atoms with Gasteiger partial charge in [-0.1, -0.05) is 24.3 Å². The van der Waals surface area contributed by atoms with Gasteiger partial charge >= 0.3 is 0 Å². The van der Waals surface area contributed by atoms with E-state index in [0.717, 1.165) is 10.8 Å². The average Bonchev–Trinajstić information content (AvgIpc) is 2.64. The molecule has 0 saturated heterocycles. The first-order valence-corrected chi connectivity index (χ1v) is 7.84. The molecule has 0 radical (unpaired) electrons. The number of rotatable bonds is 4. The highest BCUT2D eigenvalue weighted by Gasteiger charge is 2.13. The highest BCUT2D eigenvalue weighted by molar-refractivity contribution is 6.01. The number of hydrogen-bond donors (Lipinski definition) is 4. The van der Waals surface area contributed by atoms with Gasteiger partial charge in [-0.15, -0.1) is 0 Å². The molecule has 0 aliphatic heterocycles. The second kappa shape index (κ2) is 7.20. The van der Waals surface area contributed by atoms with Gasteiger partial charge in [0, 0.05) is 17.3 Å². The number of fused-ring (bicyclic) bond motifs is 1. The van der Waals surface area contributed by atoms with Crippen LogP contribution < -0.4 is 5.43 Å². The van der Waals surface area contributed by atoms with Crippen molar-refractivity contribution in [1.29, 1.82) is 0 Å². The minimum atomic E-state index is -0.597. The minimum absolute atomic E-state index is 0.0818. The molecule has 132 valence electrons. The van der Waals surface area contributed by atoms with Crippen molar-refractivity contribution in [2.24, 2.45) is 5.10 Å². The molecule has 26 heavy (non-hydrogen) atoms. The molecule has 1 heterocycles. The molecule has 3 rings (SSSR count). The number of pyridine rings is 1. The molecule has 0 fully saturated rings. The van der Waals surface area contributed by atoms with E-state index < -0.39 is 5.91 Å². The Bertz CT molecular complexity index is 1020. The van der Waals surface area contributed by atoms with Crippen molar-refractivity contribution in [2.45, 2.75) is 13.5 Å². The molecule has 0 aliphatic rings. The predicted octanol–water partition coefficient (Wildman–Crippen LogP) is 2.21. The largest absolute Gasteiger partial charge is 0.507 e. The van der Waals surface area contributed by atoms with Crippen molar-refractivity contribution >= 4 is 22.9 Å². The van der Waals surface area contributed by atoms with Crippen LogP contribution >= 0.6 is 0 Å². The van der Waals surface area contributed by atoms with Gasteiger partial charge in [0.1, 0.15) is 11.5 Å². The molecule has 1 aromatic heterocycles. The van der Waals surface area contributed by atoms with E-state index >= 15 is 0 Å². The number of aromatic nitrogens is 1. The summed E-state index contributed by atoms with van der Waals surface area (Å²) in [4.78, 5) is 16.2. The molecule has 0 saturated carbocycles. The van der Waals surface area contributed by atoms with E-state index in [2.05, 4.69) is 15.5 Å². The van der Waals surface area contributed by atoms with Crippen LogP contribution in [0.2, 0.25) is 0 Å². The van der Waals surface area contributed by atoms with Crippen LogP contribution in [0.1, 0.15) is 27.2 Å². The summed E-state index contributed by atoms with van der Waals surface area (Å²) in [6, 6.07) is 10.4. The lowest BCUT2D eigenvalue weighted by atomic mass is 10.1. The highest BCUT2D eigenvalue weighted by Crippen LogP contribution is 2.25. The summed E-state index contributed by atoms with van der Waals surface area (Å²) in [5, 5.41) is 34.9. The number of amides is 1. The molecular weight excluding hydrogens is 334 g/mol. The summed E-state index contributed by atoms with van der Waals surface area (Å²) >= 11 is 0. The quantitative estimate of drug-likeness (QED) is 0.425. The number of carbonyl (C=O) groups excluding carboxylic acids is 1. The lowest BCUT2D eigenvalue weighted by molar-refractivity contribution is 0.0952. The second-order valence-electron chi connectivity index (χ2n) is 5.70. The summed E-state index contributed by atoms with van der Waals surface area (Å²) in [6.07, 6.45) is 2.65. The monoisotopic (exact) mass is 351 g/mol. The fourth-order valence-electron chi connectivity index (χ4n) is 2.55. The normalized spacial score (nSPS) is 11.2. The van der Waals surface area contributed by atoms with E-state index in [-0.39, 0.29) is 29.2 Å². The number of aromatic hydroxyl groups is 2. The maximum absolute atomic E-state index is 12.3. The Labute approximate surface area is 149 Å². The van der Waals surface area contributed by atoms with E-state index in [4.69, 9.17) is 0 Å². The maximum atomic E-state index is 12.3. The fraction of sp³-hybridized carbons (Fsp3) is 0.105. The average molecular weight is 351 g/mol. The van der Waals surface area contributed by atoms with Gasteiger partial charge in [-0.05, 0) is 29.8 Å². The van der Waals surface area contributed by atoms with Crippen molar-refractivity contribution in [1.82, 2.24) is 10.4 Å². The molecule has 0 spiro atoms. The number of phenolic OH excluding ortho intramolecular Hbond substituents is 1. The molecule has 7 heteroatoms. The lowest BCUT2D eigenvalue weighted by Crippen LogP contribution is -2.18. The van der Waals surface area contributed by atoms with Crippen LogP contribution in [0.3, 0.4) is 0 Å². The number of phenols is 1. The van der Waals surface area contributed by atoms with Crippen molar-refractivity contribution in [3.8, 4) is 11.5 Å². The number of carbonyl (C=O) groups is 1. The molecule has 0 atom stereocenters. The van der Waals surface area contributed by atoms with E-state index in [1.54, 1.807) is 13.0 Å². The first kappa shape index (κ1) is 17.4. The Balaban J connectivity index is 1.85. The summed E-state index contributed by atoms with van der Waals surface area (Å²) in [5.41, 5.74) is 3.41. The number of hydrazone groups is 1. The molecule has 3 aromatic rings. The van der Waals surface area contributed by atoms with Gasteiger partial charge in [0.15, 0.2) is 0 Å². The zero-order valence-corrected chi connectivity index (χ0v) is 14.0. The first-order chi connectivity index (χ1) is 12.5. The third kappa shape index (κ3) is 3.33. The molecule has 0 bridgehead atoms. The predicted molar refractivity (Wildman–Crippen MR) is 97.2 cm³/mol. The van der Waals surface area contributed by atoms with Crippen molar-refractivity contribution in [2.75, 3.05) is 0 Å². The molecular formula is C19H17N3O4. The Morgan fingerprint density at radius 3 is 2.62 bits per heavy atom. The summed E-state index contributed by atoms with van der Waals surface area (Å²) in [5.74, 6) is -0.876. The van der Waals surface area contributed by atoms with Crippen LogP contribution in [0.25, 0.3) is 10.8 Å². The van der Waals surface area contributed by atoms with Crippen molar-refractivity contribution in [3.63, 3.8) is 0 Å². The molecule has 2 aromatic carbocycles. The van der Waals surface area contributed by atoms with Gasteiger partial charge in [0.2, 0.25) is 0 Å². The van der Waals surface area contributed by atoms with Gasteiger partial charge in [-0.25, -0.2) is 5.43 Å². The van der Waals surface area contributed by atoms with Gasteiger partial charge in [-0.2, -0.15) is 5.10 Å². The van der Waals surface area contributed by atoms with Gasteiger partial charge in [0.05, 0.1) is 24.1 Å². The molecule has 4 N–H and O–H groups in total. The van der Waals surface area contributed by atoms with Crippen molar-refractivity contribution in [3.05, 3.63) is 65.0 Å². The zero-order chi connectivity index (χ0) is 18.7. The van der Waals surface area contributed by atoms with Crippen LogP contribution in [0.4, 0.5) is 0 Å². The number of benzene rings is 2. The maximum Gasteiger partial charge on any atom is 0.275 e. The Morgan fingerprint density at radius 1 is 1.23 bits per heavy atom. The molecule has 7 nitrogen and oxygen atoms in total. The number of aryl methyl sites for hydroxylation is 1. The van der Waals surface area contributed by atoms with Gasteiger partial charge in [0.25, 0.3) is 5.91 Å². The SMILES string of the molecule is Cc1ncc(CO)c(/C=N\NC(=O)c2cc3ccccc3cc2O)c1O. The van der Waals surface area contributed by atoms with Crippen LogP contribution in [0.15, 0.2) is 47.7 Å². The van der Waals surface area contributed by atoms with E-state index in [9.17, 15) is 20.1 Å². The smallest absolute Gasteiger partial charge is 0.275 e. The first-order valence-electron chi connectivity index (χ1n) is 7.84. The highest BCUT2D eigenvalue weighted by atomic mass is 16.3.